The van der Waals surface area contributed by atoms with Gasteiger partial charge in [-0.1, -0.05) is 0 Å². The van der Waals surface area contributed by atoms with Gasteiger partial charge in [0.05, 0.1) is 17.2 Å². The summed E-state index contributed by atoms with van der Waals surface area (Å²) in [4.78, 5) is 16.3. The van der Waals surface area contributed by atoms with Gasteiger partial charge in [0, 0.05) is 16.3 Å². The summed E-state index contributed by atoms with van der Waals surface area (Å²) >= 11 is 3.06. The lowest BCUT2D eigenvalue weighted by atomic mass is 10.2. The number of thiazole rings is 1. The van der Waals surface area contributed by atoms with E-state index in [9.17, 15) is 4.79 Å². The smallest absolute Gasteiger partial charge is 0.271 e. The normalized spacial score (nSPS) is 11.0. The second-order valence-corrected chi connectivity index (χ2v) is 6.89. The Bertz CT molecular complexity index is 1000. The highest BCUT2D eigenvalue weighted by atomic mass is 32.1. The van der Waals surface area contributed by atoms with Crippen LogP contribution >= 0.6 is 22.7 Å². The number of aromatic nitrogens is 5. The molecule has 1 amide bonds. The van der Waals surface area contributed by atoms with Gasteiger partial charge in [-0.3, -0.25) is 4.79 Å². The summed E-state index contributed by atoms with van der Waals surface area (Å²) < 4.78 is 1.65. The van der Waals surface area contributed by atoms with Crippen LogP contribution in [-0.4, -0.2) is 30.7 Å². The van der Waals surface area contributed by atoms with Crippen molar-refractivity contribution in [3.8, 4) is 11.3 Å². The first-order valence-corrected chi connectivity index (χ1v) is 8.97. The second-order valence-electron chi connectivity index (χ2n) is 5.05. The van der Waals surface area contributed by atoms with E-state index in [4.69, 9.17) is 0 Å². The van der Waals surface area contributed by atoms with Crippen LogP contribution in [0.2, 0.25) is 0 Å². The summed E-state index contributed by atoms with van der Waals surface area (Å²) in [6, 6.07) is 5.78. The van der Waals surface area contributed by atoms with E-state index >= 15 is 0 Å². The van der Waals surface area contributed by atoms with E-state index in [2.05, 4.69) is 25.6 Å². The van der Waals surface area contributed by atoms with Crippen molar-refractivity contribution in [3.63, 3.8) is 0 Å². The molecule has 0 radical (unpaired) electrons. The number of thiophene rings is 1. The van der Waals surface area contributed by atoms with Gasteiger partial charge in [-0.05, 0) is 30.5 Å². The molecule has 120 valence electrons. The molecule has 0 atom stereocenters. The summed E-state index contributed by atoms with van der Waals surface area (Å²) in [7, 11) is 0. The molecule has 4 aromatic rings. The predicted octanol–water partition coefficient (Wildman–Crippen LogP) is 2.55. The molecule has 1 N–H and O–H groups in total. The molecule has 4 rings (SSSR count). The van der Waals surface area contributed by atoms with Crippen LogP contribution in [0.1, 0.15) is 21.3 Å². The molecule has 4 aromatic heterocycles. The summed E-state index contributed by atoms with van der Waals surface area (Å²) in [6.07, 6.45) is 0. The van der Waals surface area contributed by atoms with E-state index < -0.39 is 0 Å². The Hall–Kier alpha value is -2.65. The Morgan fingerprint density at radius 2 is 2.17 bits per heavy atom. The highest BCUT2D eigenvalue weighted by Crippen LogP contribution is 2.20. The van der Waals surface area contributed by atoms with Gasteiger partial charge in [-0.25, -0.2) is 4.98 Å². The van der Waals surface area contributed by atoms with E-state index in [0.29, 0.717) is 17.2 Å². The lowest BCUT2D eigenvalue weighted by Crippen LogP contribution is -2.24. The lowest BCUT2D eigenvalue weighted by molar-refractivity contribution is 0.0945. The van der Waals surface area contributed by atoms with Crippen LogP contribution in [0.15, 0.2) is 34.3 Å². The van der Waals surface area contributed by atoms with E-state index in [1.165, 1.54) is 11.3 Å². The summed E-state index contributed by atoms with van der Waals surface area (Å²) in [5.41, 5.74) is 2.94. The second kappa shape index (κ2) is 6.10. The average Bonchev–Trinajstić information content (AvgIpc) is 3.33. The molecule has 0 aliphatic rings. The topological polar surface area (TPSA) is 85.1 Å². The minimum absolute atomic E-state index is 0.231. The molecular weight excluding hydrogens is 344 g/mol. The number of rotatable bonds is 4. The Morgan fingerprint density at radius 1 is 1.25 bits per heavy atom. The number of fused-ring (bicyclic) bond motifs is 1. The number of hydrogen-bond donors (Lipinski definition) is 1. The molecule has 0 unspecified atom stereocenters. The van der Waals surface area contributed by atoms with Crippen molar-refractivity contribution in [2.45, 2.75) is 13.5 Å². The zero-order chi connectivity index (χ0) is 16.5. The third-order valence-corrected chi connectivity index (χ3v) is 4.86. The number of amides is 1. The largest absolute Gasteiger partial charge is 0.343 e. The minimum Gasteiger partial charge on any atom is -0.343 e. The number of carbonyl (C=O) groups is 1. The number of hydrogen-bond acceptors (Lipinski definition) is 7. The third kappa shape index (κ3) is 2.79. The van der Waals surface area contributed by atoms with Gasteiger partial charge in [0.1, 0.15) is 5.69 Å². The fraction of sp³-hybridized carbons (Fsp3) is 0.133. The Balaban J connectivity index is 1.58. The standard InChI is InChI=1S/C15H12N6OS2/c1-9-17-12(8-24-9)15(22)16-6-14-19-18-13-3-2-11(20-21(13)14)10-4-5-23-7-10/h2-5,7-8H,6H2,1H3,(H,16,22). The fourth-order valence-electron chi connectivity index (χ4n) is 2.23. The van der Waals surface area contributed by atoms with Crippen molar-refractivity contribution in [2.75, 3.05) is 0 Å². The predicted molar refractivity (Wildman–Crippen MR) is 92.1 cm³/mol. The van der Waals surface area contributed by atoms with Crippen molar-refractivity contribution < 1.29 is 4.79 Å². The van der Waals surface area contributed by atoms with E-state index in [1.807, 2.05) is 35.9 Å². The summed E-state index contributed by atoms with van der Waals surface area (Å²) in [5, 5.41) is 22.2. The molecule has 4 heterocycles. The van der Waals surface area contributed by atoms with Gasteiger partial charge in [0.25, 0.3) is 5.91 Å². The van der Waals surface area contributed by atoms with Crippen molar-refractivity contribution in [1.29, 1.82) is 0 Å². The van der Waals surface area contributed by atoms with Gasteiger partial charge >= 0.3 is 0 Å². The Labute approximate surface area is 145 Å². The van der Waals surface area contributed by atoms with Crippen molar-refractivity contribution in [1.82, 2.24) is 30.1 Å². The molecule has 0 fully saturated rings. The quantitative estimate of drug-likeness (QED) is 0.607. The maximum atomic E-state index is 12.1. The third-order valence-electron chi connectivity index (χ3n) is 3.40. The molecule has 0 aromatic carbocycles. The van der Waals surface area contributed by atoms with Gasteiger partial charge in [-0.15, -0.1) is 21.5 Å². The summed E-state index contributed by atoms with van der Waals surface area (Å²) in [6.45, 7) is 2.10. The maximum Gasteiger partial charge on any atom is 0.271 e. The molecule has 0 spiro atoms. The van der Waals surface area contributed by atoms with Crippen molar-refractivity contribution in [3.05, 3.63) is 50.9 Å². The van der Waals surface area contributed by atoms with Crippen LogP contribution in [0.25, 0.3) is 16.9 Å². The molecule has 0 bridgehead atoms. The molecule has 0 saturated heterocycles. The van der Waals surface area contributed by atoms with Gasteiger partial charge in [0.2, 0.25) is 0 Å². The SMILES string of the molecule is Cc1nc(C(=O)NCc2nnc3ccc(-c4ccsc4)nn23)cs1. The van der Waals surface area contributed by atoms with E-state index in [0.717, 1.165) is 16.3 Å². The first kappa shape index (κ1) is 14.9. The van der Waals surface area contributed by atoms with Crippen LogP contribution in [0, 0.1) is 6.92 Å². The number of aryl methyl sites for hydroxylation is 1. The van der Waals surface area contributed by atoms with Crippen molar-refractivity contribution in [2.24, 2.45) is 0 Å². The lowest BCUT2D eigenvalue weighted by Gasteiger charge is -2.03. The highest BCUT2D eigenvalue weighted by molar-refractivity contribution is 7.09. The molecule has 0 aliphatic heterocycles. The monoisotopic (exact) mass is 356 g/mol. The zero-order valence-electron chi connectivity index (χ0n) is 12.6. The first-order chi connectivity index (χ1) is 11.7. The molecule has 0 aliphatic carbocycles. The number of nitrogens with zero attached hydrogens (tertiary/aromatic N) is 5. The number of carbonyl (C=O) groups excluding carboxylic acids is 1. The molecular formula is C15H12N6OS2. The average molecular weight is 356 g/mol. The fourth-order valence-corrected chi connectivity index (χ4v) is 3.47. The Morgan fingerprint density at radius 3 is 2.92 bits per heavy atom. The maximum absolute atomic E-state index is 12.1. The van der Waals surface area contributed by atoms with E-state index in [1.54, 1.807) is 21.2 Å². The van der Waals surface area contributed by atoms with Gasteiger partial charge < -0.3 is 5.32 Å². The van der Waals surface area contributed by atoms with Crippen LogP contribution < -0.4 is 5.32 Å². The van der Waals surface area contributed by atoms with Crippen LogP contribution in [0.5, 0.6) is 0 Å². The van der Waals surface area contributed by atoms with Crippen LogP contribution in [0.4, 0.5) is 0 Å². The first-order valence-electron chi connectivity index (χ1n) is 7.15. The zero-order valence-corrected chi connectivity index (χ0v) is 14.3. The molecule has 0 saturated carbocycles. The van der Waals surface area contributed by atoms with Gasteiger partial charge in [-0.2, -0.15) is 21.0 Å². The highest BCUT2D eigenvalue weighted by Gasteiger charge is 2.13. The summed E-state index contributed by atoms with van der Waals surface area (Å²) in [5.74, 6) is 0.340. The van der Waals surface area contributed by atoms with Crippen molar-refractivity contribution >= 4 is 34.2 Å². The van der Waals surface area contributed by atoms with Gasteiger partial charge in [0.15, 0.2) is 11.5 Å². The van der Waals surface area contributed by atoms with Crippen LogP contribution in [-0.2, 0) is 6.54 Å². The van der Waals surface area contributed by atoms with Crippen LogP contribution in [0.3, 0.4) is 0 Å². The molecule has 7 nitrogen and oxygen atoms in total. The molecule has 24 heavy (non-hydrogen) atoms. The molecule has 9 heteroatoms. The van der Waals surface area contributed by atoms with E-state index in [-0.39, 0.29) is 12.5 Å². The number of nitrogens with one attached hydrogen (secondary N) is 1. The minimum atomic E-state index is -0.231. The Kier molecular flexibility index (Phi) is 3.79.